The van der Waals surface area contributed by atoms with Gasteiger partial charge in [-0.05, 0) is 26.0 Å². The Labute approximate surface area is 117 Å². The van der Waals surface area contributed by atoms with Gasteiger partial charge in [-0.15, -0.1) is 10.2 Å². The number of rotatable bonds is 5. The Balaban J connectivity index is 2.07. The number of hydrogen-bond donors (Lipinski definition) is 2. The van der Waals surface area contributed by atoms with E-state index in [1.54, 1.807) is 7.05 Å². The quantitative estimate of drug-likeness (QED) is 0.828. The van der Waals surface area contributed by atoms with E-state index in [0.29, 0.717) is 18.3 Å². The van der Waals surface area contributed by atoms with Crippen molar-refractivity contribution in [1.82, 2.24) is 15.5 Å². The maximum atomic E-state index is 11.2. The number of benzene rings is 1. The molecule has 0 aliphatic heterocycles. The number of aryl methyl sites for hydroxylation is 1. The van der Waals surface area contributed by atoms with E-state index in [1.165, 1.54) is 0 Å². The summed E-state index contributed by atoms with van der Waals surface area (Å²) in [5.41, 5.74) is 2.05. The van der Waals surface area contributed by atoms with Crippen LogP contribution in [-0.4, -0.2) is 29.7 Å². The fourth-order valence-electron chi connectivity index (χ4n) is 1.80. The Kier molecular flexibility index (Phi) is 4.47. The van der Waals surface area contributed by atoms with Gasteiger partial charge in [0.05, 0.1) is 0 Å². The highest BCUT2D eigenvalue weighted by Gasteiger charge is 2.18. The van der Waals surface area contributed by atoms with E-state index in [4.69, 9.17) is 4.42 Å². The molecule has 0 saturated heterocycles. The number of nitrogens with one attached hydrogen (secondary N) is 1. The van der Waals surface area contributed by atoms with Crippen LogP contribution in [0.1, 0.15) is 24.4 Å². The number of carbonyl (C=O) groups is 1. The van der Waals surface area contributed by atoms with Gasteiger partial charge in [-0.3, -0.25) is 4.79 Å². The summed E-state index contributed by atoms with van der Waals surface area (Å²) in [4.78, 5) is 11.2. The van der Waals surface area contributed by atoms with Crippen LogP contribution in [0.4, 0.5) is 0 Å². The van der Waals surface area contributed by atoms with Gasteiger partial charge in [0.25, 0.3) is 11.8 Å². The van der Waals surface area contributed by atoms with Crippen molar-refractivity contribution in [3.63, 3.8) is 0 Å². The third-order valence-corrected chi connectivity index (χ3v) is 3.03. The highest BCUT2D eigenvalue weighted by Crippen LogP contribution is 2.20. The number of carbonyl (C=O) groups excluding carboxylic acids is 1. The number of quaternary nitrogens is 1. The zero-order chi connectivity index (χ0) is 14.5. The molecule has 0 fully saturated rings. The van der Waals surface area contributed by atoms with Crippen LogP contribution in [0.5, 0.6) is 0 Å². The van der Waals surface area contributed by atoms with E-state index in [0.717, 1.165) is 11.1 Å². The maximum Gasteiger partial charge on any atom is 0.274 e. The number of nitrogens with zero attached hydrogens (tertiary/aromatic N) is 2. The van der Waals surface area contributed by atoms with Crippen molar-refractivity contribution in [2.75, 3.05) is 13.6 Å². The van der Waals surface area contributed by atoms with Crippen LogP contribution in [0.2, 0.25) is 0 Å². The summed E-state index contributed by atoms with van der Waals surface area (Å²) >= 11 is 0. The van der Waals surface area contributed by atoms with Crippen molar-refractivity contribution in [1.29, 1.82) is 0 Å². The van der Waals surface area contributed by atoms with Crippen LogP contribution in [0.15, 0.2) is 28.7 Å². The first-order valence-corrected chi connectivity index (χ1v) is 6.54. The van der Waals surface area contributed by atoms with Gasteiger partial charge in [-0.25, -0.2) is 0 Å². The lowest BCUT2D eigenvalue weighted by Gasteiger charge is -2.05. The SMILES string of the molecule is CNC(=O)C[NH2+][C@H](C)c1nnc(-c2cccc(C)c2)o1. The van der Waals surface area contributed by atoms with Crippen molar-refractivity contribution >= 4 is 5.91 Å². The van der Waals surface area contributed by atoms with E-state index >= 15 is 0 Å². The standard InChI is InChI=1S/C14H18N4O2/c1-9-5-4-6-11(7-9)14-18-17-13(20-14)10(2)16-8-12(19)15-3/h4-7,10,16H,8H2,1-3H3,(H,15,19)/p+1/t10-/m1/s1. The Bertz CT molecular complexity index is 594. The summed E-state index contributed by atoms with van der Waals surface area (Å²) in [6.45, 7) is 4.27. The molecule has 2 aromatic rings. The molecule has 0 aliphatic carbocycles. The third-order valence-electron chi connectivity index (χ3n) is 3.03. The van der Waals surface area contributed by atoms with E-state index in [2.05, 4.69) is 15.5 Å². The fraction of sp³-hybridized carbons (Fsp3) is 0.357. The molecule has 20 heavy (non-hydrogen) atoms. The number of nitrogens with two attached hydrogens (primary N) is 1. The smallest absolute Gasteiger partial charge is 0.274 e. The molecule has 1 amide bonds. The topological polar surface area (TPSA) is 84.6 Å². The Morgan fingerprint density at radius 1 is 1.45 bits per heavy atom. The zero-order valence-electron chi connectivity index (χ0n) is 11.9. The van der Waals surface area contributed by atoms with E-state index < -0.39 is 0 Å². The molecular formula is C14H19N4O2+. The molecule has 0 radical (unpaired) electrons. The Hall–Kier alpha value is -2.21. The molecule has 0 unspecified atom stereocenters. The van der Waals surface area contributed by atoms with Crippen LogP contribution < -0.4 is 10.6 Å². The predicted octanol–water partition coefficient (Wildman–Crippen LogP) is 0.415. The van der Waals surface area contributed by atoms with Gasteiger partial charge in [-0.2, -0.15) is 0 Å². The average molecular weight is 275 g/mol. The average Bonchev–Trinajstić information content (AvgIpc) is 2.94. The van der Waals surface area contributed by atoms with Gasteiger partial charge in [0, 0.05) is 12.6 Å². The van der Waals surface area contributed by atoms with Crippen LogP contribution in [0.3, 0.4) is 0 Å². The van der Waals surface area contributed by atoms with E-state index in [1.807, 2.05) is 43.4 Å². The second kappa shape index (κ2) is 6.29. The highest BCUT2D eigenvalue weighted by atomic mass is 16.4. The number of hydrogen-bond acceptors (Lipinski definition) is 4. The number of likely N-dealkylation sites (N-methyl/N-ethyl adjacent to an activating group) is 1. The largest absolute Gasteiger partial charge is 0.415 e. The molecule has 106 valence electrons. The van der Waals surface area contributed by atoms with Crippen LogP contribution >= 0.6 is 0 Å². The molecule has 0 spiro atoms. The summed E-state index contributed by atoms with van der Waals surface area (Å²) in [5.74, 6) is 0.990. The lowest BCUT2D eigenvalue weighted by molar-refractivity contribution is -0.685. The van der Waals surface area contributed by atoms with Crippen molar-refractivity contribution in [2.24, 2.45) is 0 Å². The Morgan fingerprint density at radius 2 is 2.25 bits per heavy atom. The fourth-order valence-corrected chi connectivity index (χ4v) is 1.80. The lowest BCUT2D eigenvalue weighted by atomic mass is 10.1. The summed E-state index contributed by atoms with van der Waals surface area (Å²) in [7, 11) is 1.61. The van der Waals surface area contributed by atoms with Crippen molar-refractivity contribution in [3.8, 4) is 11.5 Å². The van der Waals surface area contributed by atoms with E-state index in [9.17, 15) is 4.79 Å². The predicted molar refractivity (Wildman–Crippen MR) is 73.7 cm³/mol. The first-order valence-electron chi connectivity index (χ1n) is 6.54. The van der Waals surface area contributed by atoms with Crippen molar-refractivity contribution < 1.29 is 14.5 Å². The van der Waals surface area contributed by atoms with Gasteiger partial charge >= 0.3 is 0 Å². The second-order valence-electron chi connectivity index (χ2n) is 4.72. The normalized spacial score (nSPS) is 12.2. The third kappa shape index (κ3) is 3.42. The Morgan fingerprint density at radius 3 is 2.95 bits per heavy atom. The first kappa shape index (κ1) is 14.2. The highest BCUT2D eigenvalue weighted by molar-refractivity contribution is 5.76. The molecule has 1 heterocycles. The molecule has 1 aromatic heterocycles. The summed E-state index contributed by atoms with van der Waals surface area (Å²) < 4.78 is 5.67. The number of aromatic nitrogens is 2. The molecule has 6 nitrogen and oxygen atoms in total. The molecule has 0 aliphatic rings. The minimum absolute atomic E-state index is 0.0322. The second-order valence-corrected chi connectivity index (χ2v) is 4.72. The number of amides is 1. The molecule has 3 N–H and O–H groups in total. The lowest BCUT2D eigenvalue weighted by Crippen LogP contribution is -2.87. The summed E-state index contributed by atoms with van der Waals surface area (Å²) in [6, 6.07) is 7.84. The molecule has 0 saturated carbocycles. The van der Waals surface area contributed by atoms with Crippen molar-refractivity contribution in [2.45, 2.75) is 19.9 Å². The minimum atomic E-state index is -0.0571. The van der Waals surface area contributed by atoms with Gasteiger partial charge < -0.3 is 15.1 Å². The first-order chi connectivity index (χ1) is 9.60. The van der Waals surface area contributed by atoms with Crippen molar-refractivity contribution in [3.05, 3.63) is 35.7 Å². The van der Waals surface area contributed by atoms with Gasteiger partial charge in [-0.1, -0.05) is 17.7 Å². The minimum Gasteiger partial charge on any atom is -0.415 e. The van der Waals surface area contributed by atoms with Gasteiger partial charge in [0.2, 0.25) is 5.89 Å². The summed E-state index contributed by atoms with van der Waals surface area (Å²) in [6.07, 6.45) is 0. The monoisotopic (exact) mass is 275 g/mol. The summed E-state index contributed by atoms with van der Waals surface area (Å²) in [5, 5.41) is 12.5. The molecule has 6 heteroatoms. The van der Waals surface area contributed by atoms with E-state index in [-0.39, 0.29) is 11.9 Å². The van der Waals surface area contributed by atoms with Gasteiger partial charge in [0.15, 0.2) is 12.6 Å². The van der Waals surface area contributed by atoms with Gasteiger partial charge in [0.1, 0.15) is 0 Å². The zero-order valence-corrected chi connectivity index (χ0v) is 11.9. The molecular weight excluding hydrogens is 256 g/mol. The van der Waals surface area contributed by atoms with Crippen LogP contribution in [0, 0.1) is 6.92 Å². The van der Waals surface area contributed by atoms with Crippen LogP contribution in [0.25, 0.3) is 11.5 Å². The molecule has 2 rings (SSSR count). The van der Waals surface area contributed by atoms with Crippen LogP contribution in [-0.2, 0) is 4.79 Å². The molecule has 0 bridgehead atoms. The molecule has 1 atom stereocenters. The molecule has 1 aromatic carbocycles. The maximum absolute atomic E-state index is 11.2.